The first-order valence-electron chi connectivity index (χ1n) is 7.36. The van der Waals surface area contributed by atoms with Crippen molar-refractivity contribution < 1.29 is 9.53 Å². The van der Waals surface area contributed by atoms with Crippen molar-refractivity contribution in [2.45, 2.75) is 33.2 Å². The van der Waals surface area contributed by atoms with Crippen LogP contribution < -0.4 is 4.74 Å². The molecule has 1 atom stereocenters. The minimum Gasteiger partial charge on any atom is -0.496 e. The highest BCUT2D eigenvalue weighted by molar-refractivity contribution is 7.13. The van der Waals surface area contributed by atoms with Gasteiger partial charge in [-0.25, -0.2) is 4.98 Å². The Morgan fingerprint density at radius 3 is 2.68 bits per heavy atom. The number of methoxy groups -OCH3 is 1. The standard InChI is InChI=1S/C17H22N2O2S/c1-6-15-18-11(2)16(22-15)17(20)19(4)12(3)13-9-7-8-10-14(13)21-5/h7-10,12H,6H2,1-5H3. The average molecular weight is 318 g/mol. The highest BCUT2D eigenvalue weighted by Crippen LogP contribution is 2.30. The van der Waals surface area contributed by atoms with Crippen LogP contribution >= 0.6 is 11.3 Å². The molecule has 1 heterocycles. The van der Waals surface area contributed by atoms with E-state index in [1.165, 1.54) is 11.3 Å². The molecule has 5 heteroatoms. The number of para-hydroxylation sites is 1. The molecule has 118 valence electrons. The van der Waals surface area contributed by atoms with Gasteiger partial charge in [-0.05, 0) is 26.3 Å². The van der Waals surface area contributed by atoms with E-state index in [9.17, 15) is 4.79 Å². The number of rotatable bonds is 5. The second-order valence-electron chi connectivity index (χ2n) is 5.21. The maximum Gasteiger partial charge on any atom is 0.266 e. The summed E-state index contributed by atoms with van der Waals surface area (Å²) < 4.78 is 5.40. The summed E-state index contributed by atoms with van der Waals surface area (Å²) in [6.07, 6.45) is 0.852. The molecule has 0 saturated heterocycles. The molecule has 22 heavy (non-hydrogen) atoms. The Morgan fingerprint density at radius 1 is 1.41 bits per heavy atom. The lowest BCUT2D eigenvalue weighted by Crippen LogP contribution is -2.29. The number of carbonyl (C=O) groups excluding carboxylic acids is 1. The molecule has 1 amide bonds. The van der Waals surface area contributed by atoms with Crippen molar-refractivity contribution in [1.29, 1.82) is 0 Å². The van der Waals surface area contributed by atoms with Gasteiger partial charge in [0.25, 0.3) is 5.91 Å². The number of aryl methyl sites for hydroxylation is 2. The molecule has 1 unspecified atom stereocenters. The third-order valence-corrected chi connectivity index (χ3v) is 5.12. The van der Waals surface area contributed by atoms with Crippen molar-refractivity contribution in [1.82, 2.24) is 9.88 Å². The van der Waals surface area contributed by atoms with Gasteiger partial charge in [0.2, 0.25) is 0 Å². The van der Waals surface area contributed by atoms with Gasteiger partial charge in [-0.3, -0.25) is 4.79 Å². The molecule has 1 aromatic carbocycles. The fourth-order valence-corrected chi connectivity index (χ4v) is 3.35. The summed E-state index contributed by atoms with van der Waals surface area (Å²) in [5.41, 5.74) is 1.81. The van der Waals surface area contributed by atoms with Gasteiger partial charge in [0.1, 0.15) is 10.6 Å². The van der Waals surface area contributed by atoms with Crippen molar-refractivity contribution in [3.63, 3.8) is 0 Å². The molecule has 0 aliphatic heterocycles. The molecule has 0 saturated carbocycles. The van der Waals surface area contributed by atoms with Crippen LogP contribution in [-0.2, 0) is 6.42 Å². The normalized spacial score (nSPS) is 12.0. The average Bonchev–Trinajstić information content (AvgIpc) is 2.93. The van der Waals surface area contributed by atoms with Gasteiger partial charge in [0, 0.05) is 12.6 Å². The van der Waals surface area contributed by atoms with Crippen LogP contribution in [0.3, 0.4) is 0 Å². The minimum atomic E-state index is -0.0739. The van der Waals surface area contributed by atoms with Crippen LogP contribution in [0.2, 0.25) is 0 Å². The fraction of sp³-hybridized carbons (Fsp3) is 0.412. The molecule has 2 aromatic rings. The minimum absolute atomic E-state index is 0.00751. The highest BCUT2D eigenvalue weighted by Gasteiger charge is 2.24. The number of ether oxygens (including phenoxy) is 1. The van der Waals surface area contributed by atoms with Crippen molar-refractivity contribution in [3.05, 3.63) is 45.4 Å². The summed E-state index contributed by atoms with van der Waals surface area (Å²) in [6, 6.07) is 7.72. The van der Waals surface area contributed by atoms with Crippen LogP contribution in [0.5, 0.6) is 5.75 Å². The number of aromatic nitrogens is 1. The number of nitrogens with zero attached hydrogens (tertiary/aromatic N) is 2. The van der Waals surface area contributed by atoms with Crippen molar-refractivity contribution in [2.24, 2.45) is 0 Å². The lowest BCUT2D eigenvalue weighted by molar-refractivity contribution is 0.0745. The van der Waals surface area contributed by atoms with E-state index in [1.54, 1.807) is 12.0 Å². The first kappa shape index (κ1) is 16.5. The van der Waals surface area contributed by atoms with Crippen LogP contribution in [0, 0.1) is 6.92 Å². The molecule has 0 bridgehead atoms. The Morgan fingerprint density at radius 2 is 2.09 bits per heavy atom. The summed E-state index contributed by atoms with van der Waals surface area (Å²) in [5.74, 6) is 0.804. The molecule has 0 aliphatic rings. The topological polar surface area (TPSA) is 42.4 Å². The third-order valence-electron chi connectivity index (χ3n) is 3.83. The summed E-state index contributed by atoms with van der Waals surface area (Å²) in [5, 5.41) is 0.999. The fourth-order valence-electron chi connectivity index (χ4n) is 2.36. The lowest BCUT2D eigenvalue weighted by atomic mass is 10.1. The van der Waals surface area contributed by atoms with Crippen molar-refractivity contribution in [2.75, 3.05) is 14.2 Å². The van der Waals surface area contributed by atoms with E-state index in [1.807, 2.05) is 52.1 Å². The molecule has 2 rings (SSSR count). The van der Waals surface area contributed by atoms with E-state index in [0.717, 1.165) is 33.3 Å². The maximum atomic E-state index is 12.8. The second-order valence-corrected chi connectivity index (χ2v) is 6.29. The lowest BCUT2D eigenvalue weighted by Gasteiger charge is -2.26. The Labute approximate surface area is 135 Å². The van der Waals surface area contributed by atoms with Gasteiger partial charge in [-0.15, -0.1) is 11.3 Å². The number of thiazole rings is 1. The van der Waals surface area contributed by atoms with E-state index < -0.39 is 0 Å². The molecule has 0 fully saturated rings. The summed E-state index contributed by atoms with van der Waals surface area (Å²) in [6.45, 7) is 5.95. The van der Waals surface area contributed by atoms with Gasteiger partial charge >= 0.3 is 0 Å². The number of benzene rings is 1. The van der Waals surface area contributed by atoms with Crippen LogP contribution in [0.15, 0.2) is 24.3 Å². The van der Waals surface area contributed by atoms with E-state index >= 15 is 0 Å². The maximum absolute atomic E-state index is 12.8. The van der Waals surface area contributed by atoms with Crippen molar-refractivity contribution in [3.8, 4) is 5.75 Å². The molecular formula is C17H22N2O2S. The number of hydrogen-bond donors (Lipinski definition) is 0. The van der Waals surface area contributed by atoms with Crippen LogP contribution in [0.25, 0.3) is 0 Å². The predicted octanol–water partition coefficient (Wildman–Crippen LogP) is 3.86. The van der Waals surface area contributed by atoms with E-state index in [0.29, 0.717) is 0 Å². The first-order valence-corrected chi connectivity index (χ1v) is 8.17. The number of hydrogen-bond acceptors (Lipinski definition) is 4. The van der Waals surface area contributed by atoms with Crippen LogP contribution in [0.1, 0.15) is 45.8 Å². The highest BCUT2D eigenvalue weighted by atomic mass is 32.1. The summed E-state index contributed by atoms with van der Waals surface area (Å²) in [7, 11) is 3.47. The SMILES string of the molecule is CCc1nc(C)c(C(=O)N(C)C(C)c2ccccc2OC)s1. The van der Waals surface area contributed by atoms with Gasteiger partial charge in [0.05, 0.1) is 23.9 Å². The molecule has 0 radical (unpaired) electrons. The van der Waals surface area contributed by atoms with Gasteiger partial charge in [0.15, 0.2) is 0 Å². The number of amides is 1. The van der Waals surface area contributed by atoms with Crippen molar-refractivity contribution >= 4 is 17.2 Å². The predicted molar refractivity (Wildman–Crippen MR) is 89.7 cm³/mol. The molecule has 1 aromatic heterocycles. The van der Waals surface area contributed by atoms with Gasteiger partial charge < -0.3 is 9.64 Å². The molecule has 0 spiro atoms. The molecule has 4 nitrogen and oxygen atoms in total. The van der Waals surface area contributed by atoms with Crippen LogP contribution in [0.4, 0.5) is 0 Å². The quantitative estimate of drug-likeness (QED) is 0.841. The van der Waals surface area contributed by atoms with E-state index in [4.69, 9.17) is 4.74 Å². The van der Waals surface area contributed by atoms with E-state index in [-0.39, 0.29) is 11.9 Å². The molecular weight excluding hydrogens is 296 g/mol. The Bertz CT molecular complexity index is 666. The monoisotopic (exact) mass is 318 g/mol. The largest absolute Gasteiger partial charge is 0.496 e. The third kappa shape index (κ3) is 3.14. The molecule has 0 N–H and O–H groups in total. The first-order chi connectivity index (χ1) is 10.5. The summed E-state index contributed by atoms with van der Waals surface area (Å²) >= 11 is 1.48. The zero-order valence-electron chi connectivity index (χ0n) is 13.7. The Hall–Kier alpha value is -1.88. The van der Waals surface area contributed by atoms with Gasteiger partial charge in [-0.1, -0.05) is 25.1 Å². The second kappa shape index (κ2) is 6.92. The Balaban J connectivity index is 2.28. The Kier molecular flexibility index (Phi) is 5.19. The zero-order valence-corrected chi connectivity index (χ0v) is 14.5. The zero-order chi connectivity index (χ0) is 16.3. The summed E-state index contributed by atoms with van der Waals surface area (Å²) in [4.78, 5) is 19.7. The smallest absolute Gasteiger partial charge is 0.266 e. The van der Waals surface area contributed by atoms with Crippen LogP contribution in [-0.4, -0.2) is 29.9 Å². The van der Waals surface area contributed by atoms with E-state index in [2.05, 4.69) is 4.98 Å². The van der Waals surface area contributed by atoms with Gasteiger partial charge in [-0.2, -0.15) is 0 Å². The molecule has 0 aliphatic carbocycles. The number of carbonyl (C=O) groups is 1.